The first-order chi connectivity index (χ1) is 21.3. The molecule has 10 aromatic rings. The first-order valence-corrected chi connectivity index (χ1v) is 14.7. The Balaban J connectivity index is 1.36. The van der Waals surface area contributed by atoms with Crippen molar-refractivity contribution in [3.8, 4) is 11.4 Å². The Bertz CT molecular complexity index is 2720. The fraction of sp³-hybridized carbons (Fsp3) is 0. The molecule has 3 heteroatoms. The largest absolute Gasteiger partial charge is 0.456 e. The lowest BCUT2D eigenvalue weighted by Crippen LogP contribution is -1.98. The summed E-state index contributed by atoms with van der Waals surface area (Å²) in [6, 6.07) is 52.3. The van der Waals surface area contributed by atoms with Gasteiger partial charge in [-0.1, -0.05) is 91.0 Å². The van der Waals surface area contributed by atoms with E-state index in [0.29, 0.717) is 0 Å². The number of rotatable bonds is 2. The molecular weight excluding hydrogens is 524 g/mol. The maximum Gasteiger partial charge on any atom is 0.137 e. The number of hydrogen-bond acceptors (Lipinski definition) is 1. The van der Waals surface area contributed by atoms with E-state index < -0.39 is 0 Å². The van der Waals surface area contributed by atoms with Crippen LogP contribution in [-0.4, -0.2) is 9.13 Å². The van der Waals surface area contributed by atoms with Gasteiger partial charge < -0.3 is 13.6 Å². The molecule has 0 bridgehead atoms. The van der Waals surface area contributed by atoms with Crippen molar-refractivity contribution in [2.75, 3.05) is 0 Å². The molecule has 0 N–H and O–H groups in total. The summed E-state index contributed by atoms with van der Waals surface area (Å²) in [5.74, 6) is 0. The molecule has 0 saturated heterocycles. The molecule has 43 heavy (non-hydrogen) atoms. The number of aromatic nitrogens is 2. The molecule has 0 atom stereocenters. The summed E-state index contributed by atoms with van der Waals surface area (Å²) in [4.78, 5) is 0. The van der Waals surface area contributed by atoms with Gasteiger partial charge in [0.25, 0.3) is 0 Å². The maximum atomic E-state index is 6.53. The molecule has 0 saturated carbocycles. The third-order valence-corrected chi connectivity index (χ3v) is 9.06. The summed E-state index contributed by atoms with van der Waals surface area (Å²) >= 11 is 0. The van der Waals surface area contributed by atoms with E-state index in [1.807, 2.05) is 0 Å². The molecule has 3 nitrogen and oxygen atoms in total. The molecule has 0 aliphatic rings. The Morgan fingerprint density at radius 3 is 1.58 bits per heavy atom. The van der Waals surface area contributed by atoms with Crippen molar-refractivity contribution in [1.29, 1.82) is 0 Å². The lowest BCUT2D eigenvalue weighted by atomic mass is 10.1. The quantitative estimate of drug-likeness (QED) is 0.211. The molecule has 0 spiro atoms. The summed E-state index contributed by atoms with van der Waals surface area (Å²) in [5, 5.41) is 9.66. The Morgan fingerprint density at radius 1 is 0.349 bits per heavy atom. The van der Waals surface area contributed by atoms with E-state index in [1.54, 1.807) is 0 Å². The van der Waals surface area contributed by atoms with E-state index in [1.165, 1.54) is 54.4 Å². The van der Waals surface area contributed by atoms with Gasteiger partial charge in [-0.2, -0.15) is 0 Å². The van der Waals surface area contributed by atoms with Crippen molar-refractivity contribution in [2.45, 2.75) is 0 Å². The van der Waals surface area contributed by atoms with Gasteiger partial charge in [0, 0.05) is 44.1 Å². The lowest BCUT2D eigenvalue weighted by Gasteiger charge is -2.12. The first-order valence-electron chi connectivity index (χ1n) is 14.7. The van der Waals surface area contributed by atoms with Crippen molar-refractivity contribution in [1.82, 2.24) is 9.13 Å². The molecule has 0 aliphatic carbocycles. The third kappa shape index (κ3) is 3.08. The molecule has 3 aromatic heterocycles. The van der Waals surface area contributed by atoms with Crippen molar-refractivity contribution in [3.63, 3.8) is 0 Å². The predicted molar refractivity (Wildman–Crippen MR) is 180 cm³/mol. The SMILES string of the molecule is c1ccc(-n2c3ccccc3c3ccc4c5ccccc5n(-c5ccc6c(c5)oc5cc7ccccc7cc56)c4c32)cc1. The molecular formula is C40H24N2O. The highest BCUT2D eigenvalue weighted by atomic mass is 16.3. The molecule has 0 aliphatic heterocycles. The van der Waals surface area contributed by atoms with Crippen LogP contribution in [-0.2, 0) is 0 Å². The second-order valence-electron chi connectivity index (χ2n) is 11.4. The Labute approximate surface area is 246 Å². The van der Waals surface area contributed by atoms with E-state index >= 15 is 0 Å². The van der Waals surface area contributed by atoms with E-state index in [0.717, 1.165) is 33.3 Å². The molecule has 0 fully saturated rings. The number of nitrogens with zero attached hydrogens (tertiary/aromatic N) is 2. The minimum atomic E-state index is 0.893. The minimum Gasteiger partial charge on any atom is -0.456 e. The number of hydrogen-bond donors (Lipinski definition) is 0. The topological polar surface area (TPSA) is 23.0 Å². The molecule has 0 radical (unpaired) electrons. The average Bonchev–Trinajstić information content (AvgIpc) is 3.71. The second-order valence-corrected chi connectivity index (χ2v) is 11.4. The van der Waals surface area contributed by atoms with Gasteiger partial charge in [0.2, 0.25) is 0 Å². The van der Waals surface area contributed by atoms with Crippen molar-refractivity contribution in [3.05, 3.63) is 146 Å². The zero-order valence-corrected chi connectivity index (χ0v) is 23.2. The Hall–Kier alpha value is -5.80. The Morgan fingerprint density at radius 2 is 0.884 bits per heavy atom. The summed E-state index contributed by atoms with van der Waals surface area (Å²) in [6.07, 6.45) is 0. The van der Waals surface area contributed by atoms with Crippen LogP contribution in [0.5, 0.6) is 0 Å². The fourth-order valence-electron chi connectivity index (χ4n) is 7.20. The number of para-hydroxylation sites is 3. The molecule has 3 heterocycles. The highest BCUT2D eigenvalue weighted by Crippen LogP contribution is 2.42. The van der Waals surface area contributed by atoms with Crippen molar-refractivity contribution >= 4 is 76.3 Å². The van der Waals surface area contributed by atoms with Crippen LogP contribution in [0.1, 0.15) is 0 Å². The standard InChI is InChI=1S/C40H24N2O/c1-2-12-27(13-3-1)41-35-16-8-6-14-29(35)32-20-21-33-30-15-7-9-17-36(30)42(40(33)39(32)41)28-18-19-31-34-22-25-10-4-5-11-26(25)23-37(34)43-38(31)24-28/h1-24H. The fourth-order valence-corrected chi connectivity index (χ4v) is 7.20. The second kappa shape index (κ2) is 8.37. The van der Waals surface area contributed by atoms with Crippen LogP contribution in [0.3, 0.4) is 0 Å². The first kappa shape index (κ1) is 22.8. The Kier molecular flexibility index (Phi) is 4.45. The molecule has 7 aromatic carbocycles. The number of benzene rings is 7. The summed E-state index contributed by atoms with van der Waals surface area (Å²) < 4.78 is 11.4. The van der Waals surface area contributed by atoms with E-state index in [4.69, 9.17) is 4.42 Å². The monoisotopic (exact) mass is 548 g/mol. The van der Waals surface area contributed by atoms with Gasteiger partial charge in [-0.15, -0.1) is 0 Å². The zero-order chi connectivity index (χ0) is 28.1. The summed E-state index contributed by atoms with van der Waals surface area (Å²) in [5.41, 5.74) is 8.82. The molecule has 0 unspecified atom stereocenters. The van der Waals surface area contributed by atoms with Gasteiger partial charge in [0.15, 0.2) is 0 Å². The van der Waals surface area contributed by atoms with Crippen LogP contribution in [0.2, 0.25) is 0 Å². The maximum absolute atomic E-state index is 6.53. The number of furan rings is 1. The third-order valence-electron chi connectivity index (χ3n) is 9.06. The van der Waals surface area contributed by atoms with Gasteiger partial charge in [-0.05, 0) is 59.3 Å². The smallest absolute Gasteiger partial charge is 0.137 e. The molecule has 200 valence electrons. The zero-order valence-electron chi connectivity index (χ0n) is 23.2. The van der Waals surface area contributed by atoms with Crippen LogP contribution >= 0.6 is 0 Å². The van der Waals surface area contributed by atoms with Crippen molar-refractivity contribution in [2.24, 2.45) is 0 Å². The van der Waals surface area contributed by atoms with Gasteiger partial charge in [0.1, 0.15) is 11.2 Å². The van der Waals surface area contributed by atoms with Gasteiger partial charge in [0.05, 0.1) is 27.8 Å². The average molecular weight is 549 g/mol. The lowest BCUT2D eigenvalue weighted by molar-refractivity contribution is 0.669. The van der Waals surface area contributed by atoms with Crippen LogP contribution in [0.4, 0.5) is 0 Å². The highest BCUT2D eigenvalue weighted by molar-refractivity contribution is 6.24. The minimum absolute atomic E-state index is 0.893. The highest BCUT2D eigenvalue weighted by Gasteiger charge is 2.21. The van der Waals surface area contributed by atoms with E-state index in [9.17, 15) is 0 Å². The van der Waals surface area contributed by atoms with Crippen LogP contribution in [0, 0.1) is 0 Å². The summed E-state index contributed by atoms with van der Waals surface area (Å²) in [6.45, 7) is 0. The van der Waals surface area contributed by atoms with Gasteiger partial charge in [-0.25, -0.2) is 0 Å². The van der Waals surface area contributed by atoms with E-state index in [2.05, 4.69) is 155 Å². The predicted octanol–water partition coefficient (Wildman–Crippen LogP) is 10.9. The summed E-state index contributed by atoms with van der Waals surface area (Å²) in [7, 11) is 0. The van der Waals surface area contributed by atoms with Gasteiger partial charge >= 0.3 is 0 Å². The van der Waals surface area contributed by atoms with Crippen LogP contribution in [0.25, 0.3) is 87.7 Å². The normalized spacial score (nSPS) is 12.2. The van der Waals surface area contributed by atoms with E-state index in [-0.39, 0.29) is 0 Å². The molecule has 10 rings (SSSR count). The number of fused-ring (bicyclic) bond motifs is 11. The van der Waals surface area contributed by atoms with Gasteiger partial charge in [-0.3, -0.25) is 0 Å². The van der Waals surface area contributed by atoms with Crippen LogP contribution < -0.4 is 0 Å². The van der Waals surface area contributed by atoms with Crippen molar-refractivity contribution < 1.29 is 4.42 Å². The molecule has 0 amide bonds. The van der Waals surface area contributed by atoms with Crippen LogP contribution in [0.15, 0.2) is 150 Å².